The summed E-state index contributed by atoms with van der Waals surface area (Å²) < 4.78 is 4.49. The molecule has 0 spiro atoms. The van der Waals surface area contributed by atoms with Crippen LogP contribution in [0.2, 0.25) is 5.02 Å². The minimum Gasteiger partial charge on any atom is -0.469 e. The second kappa shape index (κ2) is 7.19. The van der Waals surface area contributed by atoms with Gasteiger partial charge in [-0.1, -0.05) is 23.7 Å². The number of aromatic nitrogens is 1. The van der Waals surface area contributed by atoms with Crippen LogP contribution in [0.5, 0.6) is 0 Å². The molecule has 0 fully saturated rings. The highest BCUT2D eigenvalue weighted by molar-refractivity contribution is 7.13. The summed E-state index contributed by atoms with van der Waals surface area (Å²) in [6, 6.07) is 7.24. The van der Waals surface area contributed by atoms with Crippen LogP contribution in [-0.4, -0.2) is 30.5 Å². The second-order valence-electron chi connectivity index (χ2n) is 4.13. The smallest absolute Gasteiger partial charge is 0.307 e. The molecule has 0 radical (unpaired) electrons. The first-order valence-corrected chi connectivity index (χ1v) is 7.42. The lowest BCUT2D eigenvalue weighted by Crippen LogP contribution is -2.26. The fraction of sp³-hybridized carbons (Fsp3) is 0.214. The number of nitrogens with one attached hydrogen (secondary N) is 1. The largest absolute Gasteiger partial charge is 0.469 e. The molecule has 1 N–H and O–H groups in total. The standard InChI is InChI=1S/C14H13ClN2O3S/c1-20-12(18)6-7-16-13(19)11-8-21-14(17-11)9-2-4-10(15)5-3-9/h2-5,8H,6-7H2,1H3,(H,16,19). The number of hydrogen-bond donors (Lipinski definition) is 1. The van der Waals surface area contributed by atoms with Crippen LogP contribution in [0, 0.1) is 0 Å². The van der Waals surface area contributed by atoms with Gasteiger partial charge >= 0.3 is 5.97 Å². The first-order chi connectivity index (χ1) is 10.1. The van der Waals surface area contributed by atoms with Crippen molar-refractivity contribution in [1.82, 2.24) is 10.3 Å². The van der Waals surface area contributed by atoms with Gasteiger partial charge in [-0.05, 0) is 12.1 Å². The SMILES string of the molecule is COC(=O)CCNC(=O)c1csc(-c2ccc(Cl)cc2)n1. The van der Waals surface area contributed by atoms with E-state index in [1.807, 2.05) is 12.1 Å². The van der Waals surface area contributed by atoms with E-state index >= 15 is 0 Å². The molecule has 1 heterocycles. The average molecular weight is 325 g/mol. The molecule has 0 atom stereocenters. The summed E-state index contributed by atoms with van der Waals surface area (Å²) >= 11 is 7.21. The number of carbonyl (C=O) groups is 2. The number of thiazole rings is 1. The highest BCUT2D eigenvalue weighted by atomic mass is 35.5. The van der Waals surface area contributed by atoms with Crippen molar-refractivity contribution in [3.05, 3.63) is 40.4 Å². The third kappa shape index (κ3) is 4.27. The molecule has 0 bridgehead atoms. The summed E-state index contributed by atoms with van der Waals surface area (Å²) in [4.78, 5) is 27.1. The summed E-state index contributed by atoms with van der Waals surface area (Å²) in [7, 11) is 1.31. The normalized spacial score (nSPS) is 10.2. The molecule has 5 nitrogen and oxygen atoms in total. The van der Waals surface area contributed by atoms with Gasteiger partial charge < -0.3 is 10.1 Å². The van der Waals surface area contributed by atoms with Gasteiger partial charge in [0, 0.05) is 22.5 Å². The maximum absolute atomic E-state index is 11.9. The molecular formula is C14H13ClN2O3S. The van der Waals surface area contributed by atoms with Crippen LogP contribution in [0.25, 0.3) is 10.6 Å². The van der Waals surface area contributed by atoms with Crippen LogP contribution in [0.1, 0.15) is 16.9 Å². The summed E-state index contributed by atoms with van der Waals surface area (Å²) in [5, 5.41) is 5.69. The predicted molar refractivity (Wildman–Crippen MR) is 81.5 cm³/mol. The molecule has 1 aromatic heterocycles. The summed E-state index contributed by atoms with van der Waals surface area (Å²) in [6.07, 6.45) is 0.135. The lowest BCUT2D eigenvalue weighted by molar-refractivity contribution is -0.140. The minimum absolute atomic E-state index is 0.135. The maximum Gasteiger partial charge on any atom is 0.307 e. The lowest BCUT2D eigenvalue weighted by atomic mass is 10.2. The Hall–Kier alpha value is -1.92. The van der Waals surface area contributed by atoms with E-state index in [9.17, 15) is 9.59 Å². The quantitative estimate of drug-likeness (QED) is 0.859. The van der Waals surface area contributed by atoms with E-state index in [0.29, 0.717) is 10.7 Å². The molecule has 0 aliphatic heterocycles. The molecule has 0 saturated carbocycles. The zero-order valence-electron chi connectivity index (χ0n) is 11.3. The van der Waals surface area contributed by atoms with E-state index in [0.717, 1.165) is 10.6 Å². The number of benzene rings is 1. The fourth-order valence-corrected chi connectivity index (χ4v) is 2.51. The zero-order valence-corrected chi connectivity index (χ0v) is 12.8. The van der Waals surface area contributed by atoms with Gasteiger partial charge in [-0.3, -0.25) is 9.59 Å². The van der Waals surface area contributed by atoms with E-state index < -0.39 is 0 Å². The Morgan fingerprint density at radius 2 is 2.05 bits per heavy atom. The van der Waals surface area contributed by atoms with E-state index in [-0.39, 0.29) is 24.8 Å². The van der Waals surface area contributed by atoms with Gasteiger partial charge in [-0.2, -0.15) is 0 Å². The van der Waals surface area contributed by atoms with Crippen molar-refractivity contribution in [2.45, 2.75) is 6.42 Å². The number of esters is 1. The van der Waals surface area contributed by atoms with Crippen LogP contribution in [0.3, 0.4) is 0 Å². The highest BCUT2D eigenvalue weighted by Crippen LogP contribution is 2.25. The molecule has 2 rings (SSSR count). The monoisotopic (exact) mass is 324 g/mol. The zero-order chi connectivity index (χ0) is 15.2. The molecule has 0 unspecified atom stereocenters. The molecule has 7 heteroatoms. The van der Waals surface area contributed by atoms with Crippen LogP contribution in [0.4, 0.5) is 0 Å². The van der Waals surface area contributed by atoms with Gasteiger partial charge in [0.05, 0.1) is 13.5 Å². The number of hydrogen-bond acceptors (Lipinski definition) is 5. The molecular weight excluding hydrogens is 312 g/mol. The molecule has 2 aromatic rings. The van der Waals surface area contributed by atoms with Crippen molar-refractivity contribution >= 4 is 34.8 Å². The Labute approximate surface area is 130 Å². The number of carbonyl (C=O) groups excluding carboxylic acids is 2. The number of nitrogens with zero attached hydrogens (tertiary/aromatic N) is 1. The van der Waals surface area contributed by atoms with Crippen LogP contribution in [-0.2, 0) is 9.53 Å². The number of methoxy groups -OCH3 is 1. The summed E-state index contributed by atoms with van der Waals surface area (Å²) in [5.74, 6) is -0.675. The van der Waals surface area contributed by atoms with E-state index in [1.54, 1.807) is 17.5 Å². The van der Waals surface area contributed by atoms with Gasteiger partial charge in [0.2, 0.25) is 0 Å². The number of ether oxygens (including phenoxy) is 1. The molecule has 1 aromatic carbocycles. The van der Waals surface area contributed by atoms with Gasteiger partial charge in [0.15, 0.2) is 0 Å². The lowest BCUT2D eigenvalue weighted by Gasteiger charge is -2.01. The summed E-state index contributed by atoms with van der Waals surface area (Å²) in [6.45, 7) is 0.222. The number of amides is 1. The van der Waals surface area contributed by atoms with Gasteiger partial charge in [0.25, 0.3) is 5.91 Å². The van der Waals surface area contributed by atoms with Gasteiger partial charge in [-0.25, -0.2) is 4.98 Å². The van der Waals surface area contributed by atoms with Crippen LogP contribution >= 0.6 is 22.9 Å². The number of rotatable bonds is 5. The van der Waals surface area contributed by atoms with Gasteiger partial charge in [0.1, 0.15) is 10.7 Å². The van der Waals surface area contributed by atoms with Crippen molar-refractivity contribution in [3.63, 3.8) is 0 Å². The molecule has 0 aliphatic rings. The van der Waals surface area contributed by atoms with Crippen LogP contribution < -0.4 is 5.32 Å². The second-order valence-corrected chi connectivity index (χ2v) is 5.42. The minimum atomic E-state index is -0.365. The third-order valence-corrected chi connectivity index (χ3v) is 3.81. The molecule has 21 heavy (non-hydrogen) atoms. The summed E-state index contributed by atoms with van der Waals surface area (Å²) in [5.41, 5.74) is 1.23. The Morgan fingerprint density at radius 1 is 1.33 bits per heavy atom. The molecule has 0 aliphatic carbocycles. The topological polar surface area (TPSA) is 68.3 Å². The number of halogens is 1. The predicted octanol–water partition coefficient (Wildman–Crippen LogP) is 2.76. The van der Waals surface area contributed by atoms with Crippen molar-refractivity contribution in [3.8, 4) is 10.6 Å². The van der Waals surface area contributed by atoms with Crippen LogP contribution in [0.15, 0.2) is 29.6 Å². The van der Waals surface area contributed by atoms with Crippen molar-refractivity contribution < 1.29 is 14.3 Å². The van der Waals surface area contributed by atoms with E-state index in [2.05, 4.69) is 15.0 Å². The van der Waals surface area contributed by atoms with Crippen molar-refractivity contribution in [2.24, 2.45) is 0 Å². The first-order valence-electron chi connectivity index (χ1n) is 6.16. The van der Waals surface area contributed by atoms with Crippen molar-refractivity contribution in [2.75, 3.05) is 13.7 Å². The average Bonchev–Trinajstić information content (AvgIpc) is 2.97. The Bertz CT molecular complexity index is 640. The Balaban J connectivity index is 1.97. The third-order valence-electron chi connectivity index (χ3n) is 2.67. The molecule has 110 valence electrons. The first kappa shape index (κ1) is 15.5. The van der Waals surface area contributed by atoms with Gasteiger partial charge in [-0.15, -0.1) is 11.3 Å². The van der Waals surface area contributed by atoms with E-state index in [4.69, 9.17) is 11.6 Å². The molecule has 1 amide bonds. The molecule has 0 saturated heterocycles. The van der Waals surface area contributed by atoms with E-state index in [1.165, 1.54) is 18.4 Å². The highest BCUT2D eigenvalue weighted by Gasteiger charge is 2.12. The Kier molecular flexibility index (Phi) is 5.30. The maximum atomic E-state index is 11.9. The van der Waals surface area contributed by atoms with Crippen molar-refractivity contribution in [1.29, 1.82) is 0 Å². The fourth-order valence-electron chi connectivity index (χ4n) is 1.57. The Morgan fingerprint density at radius 3 is 2.71 bits per heavy atom.